The lowest BCUT2D eigenvalue weighted by atomic mass is 10.0. The van der Waals surface area contributed by atoms with Crippen LogP contribution in [-0.2, 0) is 32.0 Å². The molecule has 3 aromatic rings. The van der Waals surface area contributed by atoms with Crippen LogP contribution in [0.1, 0.15) is 28.4 Å². The Hall–Kier alpha value is -4.08. The number of anilines is 2. The molecular formula is C28H25Cl2N3O6. The summed E-state index contributed by atoms with van der Waals surface area (Å²) in [6.45, 7) is 0.994. The number of amides is 3. The first-order valence-corrected chi connectivity index (χ1v) is 12.7. The summed E-state index contributed by atoms with van der Waals surface area (Å²) in [4.78, 5) is 53.1. The molecule has 0 bridgehead atoms. The van der Waals surface area contributed by atoms with E-state index in [0.29, 0.717) is 17.8 Å². The molecule has 9 nitrogen and oxygen atoms in total. The maximum absolute atomic E-state index is 13.0. The highest BCUT2D eigenvalue weighted by molar-refractivity contribution is 6.39. The molecule has 0 saturated carbocycles. The Bertz CT molecular complexity index is 1390. The van der Waals surface area contributed by atoms with E-state index in [9.17, 15) is 19.2 Å². The second kappa shape index (κ2) is 12.2. The molecule has 1 heterocycles. The molecule has 39 heavy (non-hydrogen) atoms. The summed E-state index contributed by atoms with van der Waals surface area (Å²) in [7, 11) is 1.72. The van der Waals surface area contributed by atoms with Gasteiger partial charge in [-0.15, -0.1) is 0 Å². The second-order valence-corrected chi connectivity index (χ2v) is 9.58. The number of nitrogens with one attached hydrogen (secondary N) is 1. The van der Waals surface area contributed by atoms with E-state index in [4.69, 9.17) is 27.9 Å². The zero-order valence-electron chi connectivity index (χ0n) is 21.1. The van der Waals surface area contributed by atoms with Gasteiger partial charge in [-0.1, -0.05) is 59.6 Å². The number of urea groups is 1. The van der Waals surface area contributed by atoms with E-state index in [0.717, 1.165) is 11.3 Å². The molecule has 0 aromatic heterocycles. The smallest absolute Gasteiger partial charge is 0.331 e. The number of fused-ring (bicyclic) bond motifs is 1. The van der Waals surface area contributed by atoms with E-state index in [2.05, 4.69) is 10.1 Å². The molecular weight excluding hydrogens is 545 g/mol. The number of benzene rings is 3. The molecule has 3 amide bonds. The van der Waals surface area contributed by atoms with Gasteiger partial charge in [-0.2, -0.15) is 0 Å². The van der Waals surface area contributed by atoms with Crippen LogP contribution in [0.5, 0.6) is 0 Å². The van der Waals surface area contributed by atoms with Crippen molar-refractivity contribution in [2.45, 2.75) is 25.9 Å². The molecule has 1 aliphatic rings. The second-order valence-electron chi connectivity index (χ2n) is 8.77. The first-order chi connectivity index (χ1) is 18.7. The van der Waals surface area contributed by atoms with Gasteiger partial charge in [-0.25, -0.2) is 9.59 Å². The van der Waals surface area contributed by atoms with Gasteiger partial charge >= 0.3 is 18.0 Å². The number of carbonyl (C=O) groups excluding carboxylic acids is 4. The summed E-state index contributed by atoms with van der Waals surface area (Å²) in [5.41, 5.74) is 3.24. The summed E-state index contributed by atoms with van der Waals surface area (Å²) in [6, 6.07) is 18.0. The molecule has 4 rings (SSSR count). The first kappa shape index (κ1) is 27.9. The average Bonchev–Trinajstić information content (AvgIpc) is 2.90. The molecule has 3 aromatic carbocycles. The van der Waals surface area contributed by atoms with Crippen LogP contribution in [0.25, 0.3) is 0 Å². The molecule has 11 heteroatoms. The lowest BCUT2D eigenvalue weighted by molar-refractivity contribution is -0.167. The molecule has 0 radical (unpaired) electrons. The molecule has 1 aliphatic heterocycles. The standard InChI is InChI=1S/C28H25Cl2N3O6/c1-17(34)38-16-39-27(36)23(31-26(35)25-21(29)7-5-8-22(25)30)14-18-10-12-20(13-11-18)33-15-19-6-3-4-9-24(19)32(2)28(33)37/h3-13,23H,14-16H2,1-2H3,(H,31,35)/t23-/m0/s1. The Morgan fingerprint density at radius 1 is 0.949 bits per heavy atom. The third kappa shape index (κ3) is 6.50. The van der Waals surface area contributed by atoms with Crippen molar-refractivity contribution in [3.63, 3.8) is 0 Å². The average molecular weight is 570 g/mol. The molecule has 202 valence electrons. The quantitative estimate of drug-likeness (QED) is 0.303. The van der Waals surface area contributed by atoms with Crippen LogP contribution in [0.15, 0.2) is 66.7 Å². The molecule has 0 unspecified atom stereocenters. The number of rotatable bonds is 8. The van der Waals surface area contributed by atoms with E-state index >= 15 is 0 Å². The predicted octanol–water partition coefficient (Wildman–Crippen LogP) is 4.97. The van der Waals surface area contributed by atoms with Crippen molar-refractivity contribution >= 4 is 58.5 Å². The summed E-state index contributed by atoms with van der Waals surface area (Å²) >= 11 is 12.3. The number of ether oxygens (including phenoxy) is 2. The topological polar surface area (TPSA) is 105 Å². The van der Waals surface area contributed by atoms with Gasteiger partial charge in [0.15, 0.2) is 0 Å². The zero-order chi connectivity index (χ0) is 28.1. The summed E-state index contributed by atoms with van der Waals surface area (Å²) in [5.74, 6) is -2.11. The van der Waals surface area contributed by atoms with Crippen molar-refractivity contribution in [3.8, 4) is 0 Å². The molecule has 1 N–H and O–H groups in total. The van der Waals surface area contributed by atoms with Crippen molar-refractivity contribution in [2.75, 3.05) is 23.6 Å². The third-order valence-electron chi connectivity index (χ3n) is 6.13. The monoisotopic (exact) mass is 569 g/mol. The van der Waals surface area contributed by atoms with E-state index in [-0.39, 0.29) is 28.1 Å². The number of hydrogen-bond donors (Lipinski definition) is 1. The van der Waals surface area contributed by atoms with Crippen LogP contribution in [0.3, 0.4) is 0 Å². The Labute approximate surface area is 235 Å². The minimum atomic E-state index is -1.15. The van der Waals surface area contributed by atoms with Gasteiger partial charge in [0.2, 0.25) is 6.79 Å². The highest BCUT2D eigenvalue weighted by Crippen LogP contribution is 2.31. The van der Waals surface area contributed by atoms with Crippen molar-refractivity contribution < 1.29 is 28.7 Å². The normalized spacial score (nSPS) is 13.4. The van der Waals surface area contributed by atoms with Gasteiger partial charge in [-0.3, -0.25) is 19.4 Å². The largest absolute Gasteiger partial charge is 0.428 e. The maximum atomic E-state index is 13.0. The Balaban J connectivity index is 1.52. The number of halogens is 2. The molecule has 1 atom stereocenters. The summed E-state index contributed by atoms with van der Waals surface area (Å²) in [5, 5.41) is 2.85. The fourth-order valence-electron chi connectivity index (χ4n) is 4.15. The van der Waals surface area contributed by atoms with E-state index in [1.54, 1.807) is 47.2 Å². The number of esters is 2. The minimum Gasteiger partial charge on any atom is -0.428 e. The zero-order valence-corrected chi connectivity index (χ0v) is 22.7. The van der Waals surface area contributed by atoms with E-state index in [1.165, 1.54) is 19.1 Å². The van der Waals surface area contributed by atoms with Crippen molar-refractivity contribution in [1.29, 1.82) is 0 Å². The van der Waals surface area contributed by atoms with Crippen molar-refractivity contribution in [2.24, 2.45) is 0 Å². The number of nitrogens with zero attached hydrogens (tertiary/aromatic N) is 2. The molecule has 0 saturated heterocycles. The van der Waals surface area contributed by atoms with Gasteiger partial charge in [-0.05, 0) is 41.5 Å². The third-order valence-corrected chi connectivity index (χ3v) is 6.76. The van der Waals surface area contributed by atoms with Crippen LogP contribution in [0.4, 0.5) is 16.2 Å². The first-order valence-electron chi connectivity index (χ1n) is 11.9. The summed E-state index contributed by atoms with van der Waals surface area (Å²) in [6.07, 6.45) is 0.0453. The highest BCUT2D eigenvalue weighted by atomic mass is 35.5. The minimum absolute atomic E-state index is 0.0157. The summed E-state index contributed by atoms with van der Waals surface area (Å²) < 4.78 is 9.73. The number of carbonyl (C=O) groups is 4. The molecule has 0 fully saturated rings. The SMILES string of the molecule is CC(=O)OCOC(=O)[C@H](Cc1ccc(N2Cc3ccccc3N(C)C2=O)cc1)NC(=O)c1c(Cl)cccc1Cl. The van der Waals surface area contributed by atoms with E-state index in [1.807, 2.05) is 24.3 Å². The maximum Gasteiger partial charge on any atom is 0.331 e. The number of para-hydroxylation sites is 1. The van der Waals surface area contributed by atoms with Gasteiger partial charge < -0.3 is 14.8 Å². The van der Waals surface area contributed by atoms with Crippen LogP contribution >= 0.6 is 23.2 Å². The fourth-order valence-corrected chi connectivity index (χ4v) is 4.72. The molecule has 0 aliphatic carbocycles. The van der Waals surface area contributed by atoms with Crippen molar-refractivity contribution in [3.05, 3.63) is 93.5 Å². The molecule has 0 spiro atoms. The van der Waals surface area contributed by atoms with Gasteiger partial charge in [0.05, 0.1) is 27.8 Å². The predicted molar refractivity (Wildman–Crippen MR) is 147 cm³/mol. The van der Waals surface area contributed by atoms with Crippen LogP contribution in [0, 0.1) is 0 Å². The van der Waals surface area contributed by atoms with Gasteiger partial charge in [0, 0.05) is 26.1 Å². The van der Waals surface area contributed by atoms with Gasteiger partial charge in [0.1, 0.15) is 6.04 Å². The van der Waals surface area contributed by atoms with Crippen molar-refractivity contribution in [1.82, 2.24) is 5.32 Å². The van der Waals surface area contributed by atoms with Crippen LogP contribution in [-0.4, -0.2) is 43.8 Å². The highest BCUT2D eigenvalue weighted by Gasteiger charge is 2.29. The number of hydrogen-bond acceptors (Lipinski definition) is 6. The fraction of sp³-hybridized carbons (Fsp3) is 0.214. The van der Waals surface area contributed by atoms with E-state index < -0.39 is 30.7 Å². The van der Waals surface area contributed by atoms with Gasteiger partial charge in [0.25, 0.3) is 5.91 Å². The lowest BCUT2D eigenvalue weighted by Gasteiger charge is -2.35. The lowest BCUT2D eigenvalue weighted by Crippen LogP contribution is -2.45. The Morgan fingerprint density at radius 3 is 2.28 bits per heavy atom. The van der Waals surface area contributed by atoms with Crippen LogP contribution < -0.4 is 15.1 Å². The Morgan fingerprint density at radius 2 is 1.62 bits per heavy atom. The van der Waals surface area contributed by atoms with Crippen LogP contribution in [0.2, 0.25) is 10.0 Å². The Kier molecular flexibility index (Phi) is 8.73.